The summed E-state index contributed by atoms with van der Waals surface area (Å²) in [7, 11) is 1.65. The fourth-order valence-corrected chi connectivity index (χ4v) is 1.50. The third kappa shape index (κ3) is 2.37. The molecule has 0 aliphatic heterocycles. The quantitative estimate of drug-likeness (QED) is 0.808. The van der Waals surface area contributed by atoms with Crippen LogP contribution < -0.4 is 5.32 Å². The average Bonchev–Trinajstić information content (AvgIpc) is 2.01. The lowest BCUT2D eigenvalue weighted by molar-refractivity contribution is -0.138. The standard InChI is InChI=1S/C8H7BrF3N/c1-13-5-2-3-6(7(9)4-5)8(10,11)12/h2-4,13H,1H3. The van der Waals surface area contributed by atoms with Gasteiger partial charge in [0.1, 0.15) is 0 Å². The summed E-state index contributed by atoms with van der Waals surface area (Å²) in [4.78, 5) is 0. The second-order valence-corrected chi connectivity index (χ2v) is 3.30. The van der Waals surface area contributed by atoms with Gasteiger partial charge in [0, 0.05) is 17.2 Å². The number of hydrogen-bond donors (Lipinski definition) is 1. The van der Waals surface area contributed by atoms with E-state index in [1.807, 2.05) is 0 Å². The Balaban J connectivity index is 3.13. The maximum absolute atomic E-state index is 12.2. The van der Waals surface area contributed by atoms with Crippen LogP contribution in [0.25, 0.3) is 0 Å². The van der Waals surface area contributed by atoms with Gasteiger partial charge in [0.15, 0.2) is 0 Å². The van der Waals surface area contributed by atoms with Gasteiger partial charge in [0.25, 0.3) is 0 Å². The van der Waals surface area contributed by atoms with Gasteiger partial charge in [-0.25, -0.2) is 0 Å². The Morgan fingerprint density at radius 3 is 2.31 bits per heavy atom. The van der Waals surface area contributed by atoms with Gasteiger partial charge in [-0.1, -0.05) is 15.9 Å². The molecule has 5 heteroatoms. The Hall–Kier alpha value is -0.710. The third-order valence-electron chi connectivity index (χ3n) is 1.56. The van der Waals surface area contributed by atoms with Crippen LogP contribution in [-0.4, -0.2) is 7.05 Å². The molecule has 0 amide bonds. The van der Waals surface area contributed by atoms with Gasteiger partial charge in [-0.05, 0) is 18.2 Å². The molecule has 1 rings (SSSR count). The molecule has 0 radical (unpaired) electrons. The summed E-state index contributed by atoms with van der Waals surface area (Å²) in [5.41, 5.74) is -0.0219. The Morgan fingerprint density at radius 1 is 1.31 bits per heavy atom. The van der Waals surface area contributed by atoms with Gasteiger partial charge >= 0.3 is 6.18 Å². The SMILES string of the molecule is CNc1ccc(C(F)(F)F)c(Br)c1. The summed E-state index contributed by atoms with van der Waals surface area (Å²) in [6.07, 6.45) is -4.30. The maximum atomic E-state index is 12.2. The largest absolute Gasteiger partial charge is 0.417 e. The minimum Gasteiger partial charge on any atom is -0.388 e. The lowest BCUT2D eigenvalue weighted by Crippen LogP contribution is -2.06. The highest BCUT2D eigenvalue weighted by Crippen LogP contribution is 2.35. The molecule has 0 unspecified atom stereocenters. The molecule has 1 aromatic carbocycles. The summed E-state index contributed by atoms with van der Waals surface area (Å²) >= 11 is 2.86. The Morgan fingerprint density at radius 2 is 1.92 bits per heavy atom. The molecule has 0 saturated heterocycles. The normalized spacial score (nSPS) is 11.5. The van der Waals surface area contributed by atoms with Crippen molar-refractivity contribution in [2.75, 3.05) is 12.4 Å². The van der Waals surface area contributed by atoms with Crippen LogP contribution in [-0.2, 0) is 6.18 Å². The first-order valence-corrected chi connectivity index (χ1v) is 4.29. The maximum Gasteiger partial charge on any atom is 0.417 e. The first-order chi connectivity index (χ1) is 5.95. The smallest absolute Gasteiger partial charge is 0.388 e. The van der Waals surface area contributed by atoms with E-state index in [9.17, 15) is 13.2 Å². The molecule has 0 bridgehead atoms. The van der Waals surface area contributed by atoms with E-state index in [-0.39, 0.29) is 4.47 Å². The first-order valence-electron chi connectivity index (χ1n) is 3.49. The summed E-state index contributed by atoms with van der Waals surface area (Å²) < 4.78 is 36.7. The molecule has 72 valence electrons. The number of hydrogen-bond acceptors (Lipinski definition) is 1. The molecule has 0 heterocycles. The molecule has 1 nitrogen and oxygen atoms in total. The van der Waals surface area contributed by atoms with E-state index in [4.69, 9.17) is 0 Å². The van der Waals surface area contributed by atoms with E-state index in [1.165, 1.54) is 12.1 Å². The van der Waals surface area contributed by atoms with Gasteiger partial charge in [0.2, 0.25) is 0 Å². The van der Waals surface area contributed by atoms with Crippen molar-refractivity contribution in [3.63, 3.8) is 0 Å². The average molecular weight is 254 g/mol. The number of anilines is 1. The van der Waals surface area contributed by atoms with Crippen LogP contribution in [0.15, 0.2) is 22.7 Å². The second-order valence-electron chi connectivity index (χ2n) is 2.44. The molecule has 13 heavy (non-hydrogen) atoms. The molecule has 0 aromatic heterocycles. The molecule has 0 saturated carbocycles. The van der Waals surface area contributed by atoms with Gasteiger partial charge in [-0.2, -0.15) is 13.2 Å². The molecule has 0 spiro atoms. The van der Waals surface area contributed by atoms with E-state index < -0.39 is 11.7 Å². The van der Waals surface area contributed by atoms with Crippen molar-refractivity contribution < 1.29 is 13.2 Å². The number of nitrogens with one attached hydrogen (secondary N) is 1. The lowest BCUT2D eigenvalue weighted by atomic mass is 10.2. The van der Waals surface area contributed by atoms with Crippen molar-refractivity contribution in [2.45, 2.75) is 6.18 Å². The van der Waals surface area contributed by atoms with E-state index in [1.54, 1.807) is 7.05 Å². The van der Waals surface area contributed by atoms with Crippen molar-refractivity contribution in [1.29, 1.82) is 0 Å². The number of alkyl halides is 3. The Labute approximate surface area is 82.1 Å². The van der Waals surface area contributed by atoms with Crippen LogP contribution in [0.5, 0.6) is 0 Å². The van der Waals surface area contributed by atoms with E-state index in [2.05, 4.69) is 21.2 Å². The van der Waals surface area contributed by atoms with Crippen molar-refractivity contribution in [3.05, 3.63) is 28.2 Å². The van der Waals surface area contributed by atoms with Crippen molar-refractivity contribution in [1.82, 2.24) is 0 Å². The summed E-state index contributed by atoms with van der Waals surface area (Å²) in [5.74, 6) is 0. The molecule has 1 aromatic rings. The van der Waals surface area contributed by atoms with Crippen LogP contribution in [0.1, 0.15) is 5.56 Å². The summed E-state index contributed by atoms with van der Waals surface area (Å²) in [6, 6.07) is 3.81. The zero-order chi connectivity index (χ0) is 10.1. The number of halogens is 4. The fourth-order valence-electron chi connectivity index (χ4n) is 0.901. The van der Waals surface area contributed by atoms with Gasteiger partial charge in [-0.15, -0.1) is 0 Å². The highest BCUT2D eigenvalue weighted by Gasteiger charge is 2.32. The van der Waals surface area contributed by atoms with E-state index >= 15 is 0 Å². The third-order valence-corrected chi connectivity index (χ3v) is 2.22. The van der Waals surface area contributed by atoms with Crippen molar-refractivity contribution >= 4 is 21.6 Å². The molecule has 0 aliphatic carbocycles. The fraction of sp³-hybridized carbons (Fsp3) is 0.250. The van der Waals surface area contributed by atoms with Gasteiger partial charge < -0.3 is 5.32 Å². The second kappa shape index (κ2) is 3.57. The Bertz CT molecular complexity index is 309. The van der Waals surface area contributed by atoms with Crippen LogP contribution in [0.3, 0.4) is 0 Å². The monoisotopic (exact) mass is 253 g/mol. The molecule has 0 fully saturated rings. The summed E-state index contributed by atoms with van der Waals surface area (Å²) in [6.45, 7) is 0. The van der Waals surface area contributed by atoms with Crippen LogP contribution in [0.2, 0.25) is 0 Å². The predicted molar refractivity (Wildman–Crippen MR) is 48.7 cm³/mol. The van der Waals surface area contributed by atoms with E-state index in [0.29, 0.717) is 5.69 Å². The summed E-state index contributed by atoms with van der Waals surface area (Å²) in [5, 5.41) is 2.75. The molecular weight excluding hydrogens is 247 g/mol. The zero-order valence-electron chi connectivity index (χ0n) is 6.74. The Kier molecular flexibility index (Phi) is 2.85. The molecule has 1 N–H and O–H groups in total. The zero-order valence-corrected chi connectivity index (χ0v) is 8.33. The highest BCUT2D eigenvalue weighted by atomic mass is 79.9. The van der Waals surface area contributed by atoms with Crippen molar-refractivity contribution in [2.24, 2.45) is 0 Å². The predicted octanol–water partition coefficient (Wildman–Crippen LogP) is 3.51. The number of rotatable bonds is 1. The molecule has 0 aliphatic rings. The van der Waals surface area contributed by atoms with E-state index in [0.717, 1.165) is 6.07 Å². The van der Waals surface area contributed by atoms with Gasteiger partial charge in [0.05, 0.1) is 5.56 Å². The van der Waals surface area contributed by atoms with Crippen LogP contribution in [0, 0.1) is 0 Å². The van der Waals surface area contributed by atoms with Crippen molar-refractivity contribution in [3.8, 4) is 0 Å². The number of benzene rings is 1. The van der Waals surface area contributed by atoms with Crippen LogP contribution >= 0.6 is 15.9 Å². The van der Waals surface area contributed by atoms with Gasteiger partial charge in [-0.3, -0.25) is 0 Å². The first kappa shape index (κ1) is 10.4. The minimum absolute atomic E-state index is 0.0480. The molecule has 0 atom stereocenters. The highest BCUT2D eigenvalue weighted by molar-refractivity contribution is 9.10. The molecular formula is C8H7BrF3N. The lowest BCUT2D eigenvalue weighted by Gasteiger charge is -2.09. The topological polar surface area (TPSA) is 12.0 Å². The minimum atomic E-state index is -4.30. The van der Waals surface area contributed by atoms with Crippen LogP contribution in [0.4, 0.5) is 18.9 Å².